The molecule has 0 bridgehead atoms. The number of ether oxygens (including phenoxy) is 2. The van der Waals surface area contributed by atoms with Gasteiger partial charge in [-0.2, -0.15) is 13.2 Å². The molecule has 2 unspecified atom stereocenters. The molecule has 0 aliphatic carbocycles. The summed E-state index contributed by atoms with van der Waals surface area (Å²) in [4.78, 5) is 14.7. The number of thioether (sulfide) groups is 1. The number of benzene rings is 2. The van der Waals surface area contributed by atoms with E-state index in [0.717, 1.165) is 11.1 Å². The van der Waals surface area contributed by atoms with Gasteiger partial charge in [0.1, 0.15) is 11.5 Å². The minimum absolute atomic E-state index is 0.00305. The molecule has 1 saturated heterocycles. The number of amides is 1. The quantitative estimate of drug-likeness (QED) is 0.579. The number of hydrogen-bond donors (Lipinski definition) is 0. The van der Waals surface area contributed by atoms with Gasteiger partial charge in [0, 0.05) is 17.4 Å². The maximum Gasteiger partial charge on any atom is 0.446 e. The zero-order valence-corrected chi connectivity index (χ0v) is 17.1. The normalized spacial score (nSPS) is 19.5. The van der Waals surface area contributed by atoms with Gasteiger partial charge in [-0.05, 0) is 48.0 Å². The minimum atomic E-state index is -4.33. The Morgan fingerprint density at radius 1 is 1.07 bits per heavy atom. The molecule has 1 fully saturated rings. The summed E-state index contributed by atoms with van der Waals surface area (Å²) in [5.74, 6) is 1.10. The Hall–Kier alpha value is -2.35. The van der Waals surface area contributed by atoms with Crippen LogP contribution in [0.1, 0.15) is 30.5 Å². The summed E-state index contributed by atoms with van der Waals surface area (Å²) >= 11 is -0.153. The highest BCUT2D eigenvalue weighted by atomic mass is 32.2. The van der Waals surface area contributed by atoms with Gasteiger partial charge in [0.15, 0.2) is 0 Å². The molecule has 3 rings (SSSR count). The molecule has 1 aliphatic rings. The van der Waals surface area contributed by atoms with Crippen LogP contribution in [0.4, 0.5) is 13.2 Å². The number of likely N-dealkylation sites (tertiary alicyclic amines) is 1. The van der Waals surface area contributed by atoms with Gasteiger partial charge in [-0.1, -0.05) is 25.1 Å². The molecule has 156 valence electrons. The number of methoxy groups -OCH3 is 2. The number of carbonyl (C=O) groups excluding carboxylic acids is 1. The van der Waals surface area contributed by atoms with Gasteiger partial charge in [0.25, 0.3) is 0 Å². The number of nitrogens with zero attached hydrogens (tertiary/aromatic N) is 1. The van der Waals surface area contributed by atoms with E-state index in [-0.39, 0.29) is 34.5 Å². The summed E-state index contributed by atoms with van der Waals surface area (Å²) in [6, 6.07) is 11.3. The Bertz CT molecular complexity index is 848. The van der Waals surface area contributed by atoms with Crippen molar-refractivity contribution in [3.05, 3.63) is 53.6 Å². The van der Waals surface area contributed by atoms with E-state index in [1.807, 2.05) is 25.1 Å². The van der Waals surface area contributed by atoms with Crippen LogP contribution in [0.3, 0.4) is 0 Å². The zero-order chi connectivity index (χ0) is 21.2. The number of rotatable bonds is 6. The molecule has 0 radical (unpaired) electrons. The summed E-state index contributed by atoms with van der Waals surface area (Å²) in [6.07, 6.45) is 0.609. The second-order valence-electron chi connectivity index (χ2n) is 6.89. The van der Waals surface area contributed by atoms with Crippen LogP contribution in [-0.2, 0) is 11.3 Å². The first-order valence-electron chi connectivity index (χ1n) is 9.09. The smallest absolute Gasteiger partial charge is 0.446 e. The van der Waals surface area contributed by atoms with Crippen LogP contribution in [0.2, 0.25) is 0 Å². The molecule has 0 saturated carbocycles. The first-order valence-corrected chi connectivity index (χ1v) is 9.91. The van der Waals surface area contributed by atoms with Crippen LogP contribution in [0.5, 0.6) is 11.5 Å². The fourth-order valence-electron chi connectivity index (χ4n) is 3.66. The first kappa shape index (κ1) is 21.4. The predicted octanol–water partition coefficient (Wildman–Crippen LogP) is 5.43. The van der Waals surface area contributed by atoms with Gasteiger partial charge < -0.3 is 14.4 Å². The molecule has 2 atom stereocenters. The lowest BCUT2D eigenvalue weighted by molar-refractivity contribution is -0.132. The largest absolute Gasteiger partial charge is 0.496 e. The molecule has 1 aliphatic heterocycles. The fourth-order valence-corrected chi connectivity index (χ4v) is 4.20. The van der Waals surface area contributed by atoms with Crippen LogP contribution in [-0.4, -0.2) is 30.5 Å². The van der Waals surface area contributed by atoms with Gasteiger partial charge in [-0.25, -0.2) is 0 Å². The first-order chi connectivity index (χ1) is 13.7. The lowest BCUT2D eigenvalue weighted by Gasteiger charge is -2.28. The summed E-state index contributed by atoms with van der Waals surface area (Å²) in [7, 11) is 3.14. The summed E-state index contributed by atoms with van der Waals surface area (Å²) < 4.78 is 48.6. The van der Waals surface area contributed by atoms with Crippen LogP contribution >= 0.6 is 11.8 Å². The molecule has 2 aromatic rings. The average molecular weight is 425 g/mol. The van der Waals surface area contributed by atoms with Crippen LogP contribution in [0.25, 0.3) is 0 Å². The Kier molecular flexibility index (Phi) is 6.31. The van der Waals surface area contributed by atoms with Gasteiger partial charge in [0.05, 0.1) is 25.8 Å². The molecule has 8 heteroatoms. The van der Waals surface area contributed by atoms with Crippen LogP contribution in [0, 0.1) is 5.92 Å². The molecule has 29 heavy (non-hydrogen) atoms. The van der Waals surface area contributed by atoms with Crippen molar-refractivity contribution in [1.29, 1.82) is 0 Å². The third-order valence-electron chi connectivity index (χ3n) is 4.97. The number of hydrogen-bond acceptors (Lipinski definition) is 4. The third kappa shape index (κ3) is 4.80. The second kappa shape index (κ2) is 8.57. The molecule has 4 nitrogen and oxygen atoms in total. The van der Waals surface area contributed by atoms with Crippen molar-refractivity contribution in [3.63, 3.8) is 0 Å². The van der Waals surface area contributed by atoms with Crippen molar-refractivity contribution in [2.24, 2.45) is 5.92 Å². The number of carbonyl (C=O) groups is 1. The van der Waals surface area contributed by atoms with E-state index in [1.54, 1.807) is 31.3 Å². The highest BCUT2D eigenvalue weighted by Gasteiger charge is 2.40. The second-order valence-corrected chi connectivity index (χ2v) is 8.03. The van der Waals surface area contributed by atoms with E-state index in [2.05, 4.69) is 0 Å². The maximum atomic E-state index is 12.8. The molecule has 2 aromatic carbocycles. The molecule has 0 aromatic heterocycles. The van der Waals surface area contributed by atoms with Gasteiger partial charge in [-0.3, -0.25) is 4.79 Å². The minimum Gasteiger partial charge on any atom is -0.496 e. The van der Waals surface area contributed by atoms with Crippen LogP contribution < -0.4 is 9.47 Å². The summed E-state index contributed by atoms with van der Waals surface area (Å²) in [5.41, 5.74) is -2.76. The summed E-state index contributed by atoms with van der Waals surface area (Å²) in [5, 5.41) is 0. The van der Waals surface area contributed by atoms with E-state index in [1.165, 1.54) is 12.1 Å². The zero-order valence-electron chi connectivity index (χ0n) is 16.3. The third-order valence-corrected chi connectivity index (χ3v) is 5.71. The Morgan fingerprint density at radius 2 is 1.66 bits per heavy atom. The Balaban J connectivity index is 1.89. The van der Waals surface area contributed by atoms with Crippen molar-refractivity contribution >= 4 is 17.7 Å². The summed E-state index contributed by atoms with van der Waals surface area (Å²) in [6.45, 7) is 2.17. The topological polar surface area (TPSA) is 38.8 Å². The van der Waals surface area contributed by atoms with Crippen molar-refractivity contribution in [2.75, 3.05) is 14.2 Å². The van der Waals surface area contributed by atoms with Crippen molar-refractivity contribution in [3.8, 4) is 11.5 Å². The van der Waals surface area contributed by atoms with Gasteiger partial charge in [0.2, 0.25) is 5.91 Å². The van der Waals surface area contributed by atoms with E-state index in [9.17, 15) is 18.0 Å². The average Bonchev–Trinajstić information content (AvgIpc) is 2.95. The lowest BCUT2D eigenvalue weighted by atomic mass is 9.98. The molecular formula is C21H22F3NO3S. The number of alkyl halides is 3. The molecular weight excluding hydrogens is 403 g/mol. The van der Waals surface area contributed by atoms with E-state index < -0.39 is 5.51 Å². The van der Waals surface area contributed by atoms with E-state index >= 15 is 0 Å². The molecule has 1 amide bonds. The molecule has 1 heterocycles. The van der Waals surface area contributed by atoms with Crippen molar-refractivity contribution in [1.82, 2.24) is 4.90 Å². The van der Waals surface area contributed by atoms with Gasteiger partial charge >= 0.3 is 5.51 Å². The lowest BCUT2D eigenvalue weighted by Crippen LogP contribution is -2.29. The van der Waals surface area contributed by atoms with Crippen molar-refractivity contribution < 1.29 is 27.4 Å². The maximum absolute atomic E-state index is 12.8. The highest BCUT2D eigenvalue weighted by Crippen LogP contribution is 2.45. The standard InChI is InChI=1S/C21H22F3NO3S/c1-13-11-16(19-17(27-2)5-4-6-18(19)28-3)25(20(13)26)12-14-7-9-15(10-8-14)29-21(22,23)24/h4-10,13,16H,11-12H2,1-3H3. The van der Waals surface area contributed by atoms with Crippen molar-refractivity contribution in [2.45, 2.75) is 36.3 Å². The van der Waals surface area contributed by atoms with E-state index in [0.29, 0.717) is 24.5 Å². The Morgan fingerprint density at radius 3 is 2.17 bits per heavy atom. The fraction of sp³-hybridized carbons (Fsp3) is 0.381. The SMILES string of the molecule is COc1cccc(OC)c1C1CC(C)C(=O)N1Cc1ccc(SC(F)(F)F)cc1. The molecule has 0 N–H and O–H groups in total. The number of halogens is 3. The van der Waals surface area contributed by atoms with E-state index in [4.69, 9.17) is 9.47 Å². The Labute approximate surface area is 172 Å². The molecule has 0 spiro atoms. The highest BCUT2D eigenvalue weighted by molar-refractivity contribution is 8.00. The van der Waals surface area contributed by atoms with Gasteiger partial charge in [-0.15, -0.1) is 0 Å². The predicted molar refractivity (Wildman–Crippen MR) is 105 cm³/mol. The monoisotopic (exact) mass is 425 g/mol. The van der Waals surface area contributed by atoms with Crippen LogP contribution in [0.15, 0.2) is 47.4 Å².